The van der Waals surface area contributed by atoms with Crippen molar-refractivity contribution in [3.8, 4) is 0 Å². The van der Waals surface area contributed by atoms with Gasteiger partial charge >= 0.3 is 5.97 Å². The lowest BCUT2D eigenvalue weighted by atomic mass is 9.94. The SMILES string of the molecule is CCCC(CCNC(=O)Cc1ccn[nH]1)CCC(=O)O. The van der Waals surface area contributed by atoms with E-state index >= 15 is 0 Å². The van der Waals surface area contributed by atoms with Gasteiger partial charge in [0.05, 0.1) is 6.42 Å². The first-order valence-electron chi connectivity index (χ1n) is 7.08. The van der Waals surface area contributed by atoms with E-state index in [4.69, 9.17) is 5.11 Å². The summed E-state index contributed by atoms with van der Waals surface area (Å²) in [5, 5.41) is 18.1. The van der Waals surface area contributed by atoms with Crippen molar-refractivity contribution >= 4 is 11.9 Å². The quantitative estimate of drug-likeness (QED) is 0.608. The molecule has 6 nitrogen and oxygen atoms in total. The number of carbonyl (C=O) groups is 2. The second-order valence-electron chi connectivity index (χ2n) is 4.98. The van der Waals surface area contributed by atoms with E-state index in [9.17, 15) is 9.59 Å². The Hall–Kier alpha value is -1.85. The lowest BCUT2D eigenvalue weighted by Crippen LogP contribution is -2.27. The minimum atomic E-state index is -0.755. The van der Waals surface area contributed by atoms with Crippen molar-refractivity contribution in [2.75, 3.05) is 6.54 Å². The molecule has 0 spiro atoms. The zero-order valence-electron chi connectivity index (χ0n) is 11.9. The molecule has 20 heavy (non-hydrogen) atoms. The smallest absolute Gasteiger partial charge is 0.303 e. The summed E-state index contributed by atoms with van der Waals surface area (Å²) in [5.74, 6) is -0.430. The highest BCUT2D eigenvalue weighted by Gasteiger charge is 2.11. The van der Waals surface area contributed by atoms with Crippen LogP contribution >= 0.6 is 0 Å². The summed E-state index contributed by atoms with van der Waals surface area (Å²) in [6, 6.07) is 1.77. The Morgan fingerprint density at radius 3 is 2.80 bits per heavy atom. The van der Waals surface area contributed by atoms with Gasteiger partial charge in [0.1, 0.15) is 0 Å². The van der Waals surface area contributed by atoms with Crippen LogP contribution < -0.4 is 5.32 Å². The van der Waals surface area contributed by atoms with Gasteiger partial charge in [-0.2, -0.15) is 5.10 Å². The highest BCUT2D eigenvalue weighted by Crippen LogP contribution is 2.17. The molecule has 0 aliphatic rings. The summed E-state index contributed by atoms with van der Waals surface area (Å²) in [6.07, 6.45) is 5.66. The van der Waals surface area contributed by atoms with Crippen LogP contribution in [0.1, 0.15) is 44.7 Å². The van der Waals surface area contributed by atoms with Gasteiger partial charge in [-0.15, -0.1) is 0 Å². The largest absolute Gasteiger partial charge is 0.481 e. The van der Waals surface area contributed by atoms with Crippen LogP contribution in [-0.4, -0.2) is 33.7 Å². The molecule has 0 aliphatic heterocycles. The Labute approximate surface area is 119 Å². The number of aliphatic carboxylic acids is 1. The fraction of sp³-hybridized carbons (Fsp3) is 0.643. The molecule has 1 aromatic heterocycles. The maximum Gasteiger partial charge on any atom is 0.303 e. The van der Waals surface area contributed by atoms with Crippen LogP contribution in [0.3, 0.4) is 0 Å². The molecule has 1 atom stereocenters. The third kappa shape index (κ3) is 6.92. The average Bonchev–Trinajstić information content (AvgIpc) is 2.88. The van der Waals surface area contributed by atoms with Crippen molar-refractivity contribution in [1.29, 1.82) is 0 Å². The van der Waals surface area contributed by atoms with E-state index in [1.165, 1.54) is 0 Å². The zero-order valence-corrected chi connectivity index (χ0v) is 11.9. The fourth-order valence-corrected chi connectivity index (χ4v) is 2.20. The minimum Gasteiger partial charge on any atom is -0.481 e. The van der Waals surface area contributed by atoms with Crippen LogP contribution in [0.2, 0.25) is 0 Å². The van der Waals surface area contributed by atoms with E-state index in [-0.39, 0.29) is 12.3 Å². The van der Waals surface area contributed by atoms with Gasteiger partial charge in [0.15, 0.2) is 0 Å². The molecule has 6 heteroatoms. The van der Waals surface area contributed by atoms with Crippen LogP contribution in [0.5, 0.6) is 0 Å². The summed E-state index contributed by atoms with van der Waals surface area (Å²) >= 11 is 0. The van der Waals surface area contributed by atoms with Crippen molar-refractivity contribution in [1.82, 2.24) is 15.5 Å². The van der Waals surface area contributed by atoms with Gasteiger partial charge in [-0.25, -0.2) is 0 Å². The topological polar surface area (TPSA) is 95.1 Å². The average molecular weight is 281 g/mol. The Morgan fingerprint density at radius 1 is 1.40 bits per heavy atom. The lowest BCUT2D eigenvalue weighted by molar-refractivity contribution is -0.137. The molecule has 0 radical (unpaired) electrons. The number of hydrogen-bond donors (Lipinski definition) is 3. The molecule has 0 aromatic carbocycles. The molecule has 0 saturated carbocycles. The Kier molecular flexibility index (Phi) is 7.39. The minimum absolute atomic E-state index is 0.0391. The molecule has 1 unspecified atom stereocenters. The number of H-pyrrole nitrogens is 1. The van der Waals surface area contributed by atoms with Gasteiger partial charge in [0.2, 0.25) is 5.91 Å². The van der Waals surface area contributed by atoms with Gasteiger partial charge in [-0.05, 0) is 24.8 Å². The van der Waals surface area contributed by atoms with E-state index in [0.717, 1.165) is 25.0 Å². The number of carboxylic acid groups (broad SMARTS) is 1. The molecular weight excluding hydrogens is 258 g/mol. The van der Waals surface area contributed by atoms with Crippen LogP contribution in [0.25, 0.3) is 0 Å². The molecule has 1 heterocycles. The summed E-state index contributed by atoms with van der Waals surface area (Å²) in [6.45, 7) is 2.68. The van der Waals surface area contributed by atoms with E-state index < -0.39 is 5.97 Å². The Morgan fingerprint density at radius 2 is 2.20 bits per heavy atom. The highest BCUT2D eigenvalue weighted by atomic mass is 16.4. The fourth-order valence-electron chi connectivity index (χ4n) is 2.20. The number of nitrogens with one attached hydrogen (secondary N) is 2. The normalized spacial score (nSPS) is 12.1. The standard InChI is InChI=1S/C14H23N3O3/c1-2-3-11(4-5-14(19)20)6-8-15-13(18)10-12-7-9-16-17-12/h7,9,11H,2-6,8,10H2,1H3,(H,15,18)(H,16,17)(H,19,20). The Bertz CT molecular complexity index is 404. The predicted molar refractivity (Wildman–Crippen MR) is 75.2 cm³/mol. The number of nitrogens with zero attached hydrogens (tertiary/aromatic N) is 1. The highest BCUT2D eigenvalue weighted by molar-refractivity contribution is 5.77. The summed E-state index contributed by atoms with van der Waals surface area (Å²) in [4.78, 5) is 22.3. The van der Waals surface area contributed by atoms with Crippen molar-refractivity contribution in [2.45, 2.75) is 45.4 Å². The maximum absolute atomic E-state index is 11.7. The van der Waals surface area contributed by atoms with Crippen LogP contribution in [0.4, 0.5) is 0 Å². The molecule has 0 saturated heterocycles. The third-order valence-corrected chi connectivity index (χ3v) is 3.25. The van der Waals surface area contributed by atoms with Gasteiger partial charge in [-0.3, -0.25) is 14.7 Å². The van der Waals surface area contributed by atoms with E-state index in [1.807, 2.05) is 0 Å². The summed E-state index contributed by atoms with van der Waals surface area (Å²) < 4.78 is 0. The molecule has 3 N–H and O–H groups in total. The molecule has 0 aliphatic carbocycles. The molecule has 1 rings (SSSR count). The number of carboxylic acids is 1. The number of aromatic nitrogens is 2. The molecule has 0 bridgehead atoms. The van der Waals surface area contributed by atoms with Crippen molar-refractivity contribution in [2.24, 2.45) is 5.92 Å². The summed E-state index contributed by atoms with van der Waals surface area (Å²) in [5.41, 5.74) is 0.790. The van der Waals surface area contributed by atoms with Crippen LogP contribution in [0.15, 0.2) is 12.3 Å². The second kappa shape index (κ2) is 9.12. The van der Waals surface area contributed by atoms with Crippen LogP contribution in [0, 0.1) is 5.92 Å². The maximum atomic E-state index is 11.7. The molecule has 112 valence electrons. The number of amides is 1. The first kappa shape index (κ1) is 16.2. The van der Waals surface area contributed by atoms with E-state index in [0.29, 0.717) is 25.3 Å². The van der Waals surface area contributed by atoms with Gasteiger partial charge < -0.3 is 10.4 Å². The van der Waals surface area contributed by atoms with Crippen molar-refractivity contribution in [3.05, 3.63) is 18.0 Å². The number of hydrogen-bond acceptors (Lipinski definition) is 3. The Balaban J connectivity index is 2.21. The lowest BCUT2D eigenvalue weighted by Gasteiger charge is -2.15. The van der Waals surface area contributed by atoms with Gasteiger partial charge in [-0.1, -0.05) is 19.8 Å². The summed E-state index contributed by atoms with van der Waals surface area (Å²) in [7, 11) is 0. The predicted octanol–water partition coefficient (Wildman–Crippen LogP) is 1.74. The molecule has 0 fully saturated rings. The van der Waals surface area contributed by atoms with Crippen molar-refractivity contribution < 1.29 is 14.7 Å². The molecule has 1 amide bonds. The number of aromatic amines is 1. The molecular formula is C14H23N3O3. The van der Waals surface area contributed by atoms with E-state index in [1.54, 1.807) is 12.3 Å². The van der Waals surface area contributed by atoms with Gasteiger partial charge in [0, 0.05) is 24.9 Å². The van der Waals surface area contributed by atoms with Crippen LogP contribution in [-0.2, 0) is 16.0 Å². The first-order valence-corrected chi connectivity index (χ1v) is 7.08. The molecule has 1 aromatic rings. The van der Waals surface area contributed by atoms with E-state index in [2.05, 4.69) is 22.4 Å². The third-order valence-electron chi connectivity index (χ3n) is 3.25. The van der Waals surface area contributed by atoms with Gasteiger partial charge in [0.25, 0.3) is 0 Å². The zero-order chi connectivity index (χ0) is 14.8. The monoisotopic (exact) mass is 281 g/mol. The number of rotatable bonds is 10. The second-order valence-corrected chi connectivity index (χ2v) is 4.98. The first-order chi connectivity index (χ1) is 9.61. The van der Waals surface area contributed by atoms with Crippen molar-refractivity contribution in [3.63, 3.8) is 0 Å². The number of carbonyl (C=O) groups excluding carboxylic acids is 1.